The highest BCUT2D eigenvalue weighted by Gasteiger charge is 2.20. The zero-order chi connectivity index (χ0) is 14.1. The van der Waals surface area contributed by atoms with Crippen LogP contribution in [0.5, 0.6) is 0 Å². The molecule has 18 heavy (non-hydrogen) atoms. The fourth-order valence-corrected chi connectivity index (χ4v) is 1.17. The minimum Gasteiger partial charge on any atom is -0.396 e. The molecule has 0 aromatic carbocycles. The van der Waals surface area contributed by atoms with E-state index in [1.165, 1.54) is 6.92 Å². The third-order valence-electron chi connectivity index (χ3n) is 2.33. The lowest BCUT2D eigenvalue weighted by Gasteiger charge is -2.12. The number of ether oxygens (including phenoxy) is 1. The molecule has 0 aromatic heterocycles. The molecule has 0 rings (SSSR count). The molecule has 0 bridgehead atoms. The van der Waals surface area contributed by atoms with Gasteiger partial charge in [-0.15, -0.1) is 0 Å². The van der Waals surface area contributed by atoms with Crippen molar-refractivity contribution in [2.75, 3.05) is 6.61 Å². The van der Waals surface area contributed by atoms with Crippen molar-refractivity contribution in [3.63, 3.8) is 0 Å². The summed E-state index contributed by atoms with van der Waals surface area (Å²) in [6.07, 6.45) is 1.37. The summed E-state index contributed by atoms with van der Waals surface area (Å²) in [5, 5.41) is 18.2. The van der Waals surface area contributed by atoms with Crippen LogP contribution in [0.3, 0.4) is 0 Å². The van der Waals surface area contributed by atoms with Gasteiger partial charge in [-0.2, -0.15) is 0 Å². The van der Waals surface area contributed by atoms with Crippen molar-refractivity contribution in [2.45, 2.75) is 38.7 Å². The van der Waals surface area contributed by atoms with Gasteiger partial charge in [0, 0.05) is 12.2 Å². The zero-order valence-electron chi connectivity index (χ0n) is 10.6. The average molecular weight is 256 g/mol. The van der Waals surface area contributed by atoms with E-state index in [0.29, 0.717) is 19.3 Å². The monoisotopic (exact) mass is 256 g/mol. The molecule has 0 aliphatic heterocycles. The van der Waals surface area contributed by atoms with Gasteiger partial charge in [-0.1, -0.05) is 26.0 Å². The van der Waals surface area contributed by atoms with Crippen LogP contribution in [0.4, 0.5) is 0 Å². The Kier molecular flexibility index (Phi) is 7.91. The third-order valence-corrected chi connectivity index (χ3v) is 2.33. The Bertz CT molecular complexity index is 332. The molecule has 5 nitrogen and oxygen atoms in total. The summed E-state index contributed by atoms with van der Waals surface area (Å²) in [4.78, 5) is 22.5. The highest BCUT2D eigenvalue weighted by Crippen LogP contribution is 2.12. The number of unbranched alkanes of at least 4 members (excludes halogenated alkanes) is 2. The highest BCUT2D eigenvalue weighted by atomic mass is 16.6. The highest BCUT2D eigenvalue weighted by molar-refractivity contribution is 6.01. The van der Waals surface area contributed by atoms with Crippen LogP contribution in [0.25, 0.3) is 0 Å². The zero-order valence-corrected chi connectivity index (χ0v) is 10.6. The normalized spacial score (nSPS) is 11.7. The summed E-state index contributed by atoms with van der Waals surface area (Å²) < 4.78 is 4.45. The molecule has 0 heterocycles. The fraction of sp³-hybridized carbons (Fsp3) is 0.538. The van der Waals surface area contributed by atoms with Gasteiger partial charge in [-0.25, -0.2) is 9.59 Å². The van der Waals surface area contributed by atoms with Gasteiger partial charge in [-0.3, -0.25) is 0 Å². The summed E-state index contributed by atoms with van der Waals surface area (Å²) in [6, 6.07) is 0. The van der Waals surface area contributed by atoms with Gasteiger partial charge >= 0.3 is 11.9 Å². The summed E-state index contributed by atoms with van der Waals surface area (Å²) in [5.74, 6) is -1.76. The topological polar surface area (TPSA) is 83.8 Å². The second kappa shape index (κ2) is 8.60. The first-order chi connectivity index (χ1) is 8.40. The van der Waals surface area contributed by atoms with Crippen molar-refractivity contribution in [1.29, 1.82) is 0 Å². The van der Waals surface area contributed by atoms with Gasteiger partial charge in [0.2, 0.25) is 0 Å². The number of hydrogen-bond donors (Lipinski definition) is 2. The molecule has 0 fully saturated rings. The summed E-state index contributed by atoms with van der Waals surface area (Å²) in [7, 11) is 0. The van der Waals surface area contributed by atoms with Gasteiger partial charge in [0.25, 0.3) is 0 Å². The Morgan fingerprint density at radius 1 is 1.17 bits per heavy atom. The van der Waals surface area contributed by atoms with Crippen LogP contribution in [0.15, 0.2) is 24.3 Å². The summed E-state index contributed by atoms with van der Waals surface area (Å²) >= 11 is 0. The number of carbonyl (C=O) groups excluding carboxylic acids is 2. The number of aliphatic hydroxyl groups excluding tert-OH is 2. The van der Waals surface area contributed by atoms with E-state index < -0.39 is 18.0 Å². The molecule has 0 spiro atoms. The maximum Gasteiger partial charge on any atom is 0.343 e. The number of hydrogen-bond acceptors (Lipinski definition) is 5. The third kappa shape index (κ3) is 6.32. The summed E-state index contributed by atoms with van der Waals surface area (Å²) in [6.45, 7) is 8.27. The Morgan fingerprint density at radius 2 is 1.78 bits per heavy atom. The lowest BCUT2D eigenvalue weighted by Crippen LogP contribution is -2.22. The smallest absolute Gasteiger partial charge is 0.343 e. The van der Waals surface area contributed by atoms with Gasteiger partial charge in [0.1, 0.15) is 0 Å². The molecule has 1 atom stereocenters. The molecule has 0 radical (unpaired) electrons. The molecule has 0 aliphatic rings. The number of carbonyl (C=O) groups is 2. The van der Waals surface area contributed by atoms with Crippen LogP contribution in [0.2, 0.25) is 0 Å². The quantitative estimate of drug-likeness (QED) is 0.294. The maximum absolute atomic E-state index is 11.4. The van der Waals surface area contributed by atoms with Crippen LogP contribution in [0, 0.1) is 0 Å². The lowest BCUT2D eigenvalue weighted by atomic mass is 10.0. The summed E-state index contributed by atoms with van der Waals surface area (Å²) in [5.41, 5.74) is -0.0396. The van der Waals surface area contributed by atoms with E-state index in [4.69, 9.17) is 5.11 Å². The molecule has 0 saturated heterocycles. The Morgan fingerprint density at radius 3 is 2.28 bits per heavy atom. The van der Waals surface area contributed by atoms with Gasteiger partial charge < -0.3 is 14.9 Å². The number of esters is 2. The fourth-order valence-electron chi connectivity index (χ4n) is 1.17. The molecule has 2 N–H and O–H groups in total. The van der Waals surface area contributed by atoms with Crippen LogP contribution in [-0.4, -0.2) is 34.9 Å². The minimum atomic E-state index is -1.03. The van der Waals surface area contributed by atoms with E-state index in [0.717, 1.165) is 6.42 Å². The van der Waals surface area contributed by atoms with Crippen LogP contribution in [-0.2, 0) is 14.3 Å². The van der Waals surface area contributed by atoms with Gasteiger partial charge in [0.15, 0.2) is 0 Å². The molecule has 102 valence electrons. The van der Waals surface area contributed by atoms with E-state index >= 15 is 0 Å². The SMILES string of the molecule is C=C(C)C(=O)OC(=O)C(=C)C(O)CCCCCO. The van der Waals surface area contributed by atoms with Crippen LogP contribution in [0.1, 0.15) is 32.6 Å². The molecule has 0 amide bonds. The van der Waals surface area contributed by atoms with Crippen molar-refractivity contribution in [2.24, 2.45) is 0 Å². The van der Waals surface area contributed by atoms with E-state index in [9.17, 15) is 14.7 Å². The van der Waals surface area contributed by atoms with Crippen LogP contribution < -0.4 is 0 Å². The van der Waals surface area contributed by atoms with Crippen molar-refractivity contribution < 1.29 is 24.5 Å². The predicted octanol–water partition coefficient (Wildman–Crippen LogP) is 1.10. The van der Waals surface area contributed by atoms with Crippen LogP contribution >= 0.6 is 0 Å². The van der Waals surface area contributed by atoms with Gasteiger partial charge in [0.05, 0.1) is 11.7 Å². The first kappa shape index (κ1) is 16.5. The maximum atomic E-state index is 11.4. The average Bonchev–Trinajstić information content (AvgIpc) is 2.33. The molecular weight excluding hydrogens is 236 g/mol. The molecular formula is C13H20O5. The Hall–Kier alpha value is -1.46. The first-order valence-corrected chi connectivity index (χ1v) is 5.79. The molecule has 0 saturated carbocycles. The Balaban J connectivity index is 4.08. The molecule has 0 aromatic rings. The predicted molar refractivity (Wildman–Crippen MR) is 66.6 cm³/mol. The minimum absolute atomic E-state index is 0.103. The Labute approximate surface area is 107 Å². The van der Waals surface area contributed by atoms with E-state index in [2.05, 4.69) is 17.9 Å². The van der Waals surface area contributed by atoms with E-state index in [1.54, 1.807) is 0 Å². The van der Waals surface area contributed by atoms with Crippen molar-refractivity contribution in [3.8, 4) is 0 Å². The van der Waals surface area contributed by atoms with E-state index in [-0.39, 0.29) is 17.8 Å². The van der Waals surface area contributed by atoms with Crippen molar-refractivity contribution >= 4 is 11.9 Å². The number of rotatable bonds is 8. The molecule has 5 heteroatoms. The van der Waals surface area contributed by atoms with Crippen molar-refractivity contribution in [3.05, 3.63) is 24.3 Å². The first-order valence-electron chi connectivity index (χ1n) is 5.79. The second-order valence-electron chi connectivity index (χ2n) is 4.07. The van der Waals surface area contributed by atoms with Gasteiger partial charge in [-0.05, 0) is 19.8 Å². The lowest BCUT2D eigenvalue weighted by molar-refractivity contribution is -0.154. The van der Waals surface area contributed by atoms with Crippen molar-refractivity contribution in [1.82, 2.24) is 0 Å². The standard InChI is InChI=1S/C13H20O5/c1-9(2)12(16)18-13(17)10(3)11(15)7-5-4-6-8-14/h11,14-15H,1,3-8H2,2H3. The van der Waals surface area contributed by atoms with E-state index in [1.807, 2.05) is 0 Å². The second-order valence-corrected chi connectivity index (χ2v) is 4.07. The molecule has 1 unspecified atom stereocenters. The largest absolute Gasteiger partial charge is 0.396 e. The molecule has 0 aliphatic carbocycles. The number of aliphatic hydroxyl groups is 2.